The first-order chi connectivity index (χ1) is 8.67. The van der Waals surface area contributed by atoms with Crippen molar-refractivity contribution in [1.82, 2.24) is 9.78 Å². The van der Waals surface area contributed by atoms with Crippen LogP contribution in [0.3, 0.4) is 0 Å². The van der Waals surface area contributed by atoms with Crippen LogP contribution >= 0.6 is 0 Å². The Morgan fingerprint density at radius 2 is 2.22 bits per heavy atom. The third-order valence-corrected chi connectivity index (χ3v) is 2.64. The van der Waals surface area contributed by atoms with E-state index in [1.54, 1.807) is 24.3 Å². The molecule has 1 aromatic carbocycles. The molecular weight excluding hydrogens is 236 g/mol. The van der Waals surface area contributed by atoms with E-state index in [0.29, 0.717) is 11.4 Å². The first kappa shape index (κ1) is 12.3. The number of aliphatic hydroxyl groups excluding tert-OH is 1. The van der Waals surface area contributed by atoms with E-state index in [9.17, 15) is 9.90 Å². The maximum atomic E-state index is 11.6. The number of rotatable bonds is 4. The van der Waals surface area contributed by atoms with Crippen molar-refractivity contribution in [2.24, 2.45) is 0 Å². The minimum atomic E-state index is -0.413. The molecule has 2 rings (SSSR count). The predicted octanol–water partition coefficient (Wildman–Crippen LogP) is 0.415. The molecule has 0 bridgehead atoms. The van der Waals surface area contributed by atoms with Crippen molar-refractivity contribution in [3.63, 3.8) is 0 Å². The fraction of sp³-hybridized carbons (Fsp3) is 0.250. The number of aromatic hydroxyl groups is 1. The van der Waals surface area contributed by atoms with E-state index in [0.717, 1.165) is 0 Å². The Kier molecular flexibility index (Phi) is 3.38. The highest BCUT2D eigenvalue weighted by atomic mass is 16.5. The monoisotopic (exact) mass is 250 g/mol. The molecule has 3 N–H and O–H groups in total. The van der Waals surface area contributed by atoms with Gasteiger partial charge in [0.25, 0.3) is 5.56 Å². The van der Waals surface area contributed by atoms with E-state index in [1.165, 1.54) is 11.8 Å². The molecule has 1 heterocycles. The van der Waals surface area contributed by atoms with Gasteiger partial charge < -0.3 is 14.9 Å². The zero-order valence-corrected chi connectivity index (χ0v) is 9.88. The van der Waals surface area contributed by atoms with Crippen LogP contribution in [-0.2, 0) is 6.42 Å². The van der Waals surface area contributed by atoms with Gasteiger partial charge in [0.1, 0.15) is 5.75 Å². The van der Waals surface area contributed by atoms with Gasteiger partial charge in [-0.1, -0.05) is 6.07 Å². The van der Waals surface area contributed by atoms with E-state index in [1.807, 2.05) is 0 Å². The normalized spacial score (nSPS) is 10.6. The first-order valence-corrected chi connectivity index (χ1v) is 5.45. The van der Waals surface area contributed by atoms with Gasteiger partial charge in [-0.25, -0.2) is 4.68 Å². The number of nitrogens with one attached hydrogen (secondary N) is 1. The number of ether oxygens (including phenoxy) is 1. The number of benzene rings is 1. The lowest BCUT2D eigenvalue weighted by atomic mass is 10.2. The summed E-state index contributed by atoms with van der Waals surface area (Å²) >= 11 is 0. The molecular formula is C12H14N2O4. The van der Waals surface area contributed by atoms with E-state index in [-0.39, 0.29) is 24.5 Å². The summed E-state index contributed by atoms with van der Waals surface area (Å²) in [6, 6.07) is 6.91. The van der Waals surface area contributed by atoms with Crippen molar-refractivity contribution >= 4 is 0 Å². The van der Waals surface area contributed by atoms with E-state index < -0.39 is 5.56 Å². The van der Waals surface area contributed by atoms with Crippen molar-refractivity contribution in [3.8, 4) is 17.3 Å². The predicted molar refractivity (Wildman–Crippen MR) is 65.4 cm³/mol. The number of aromatic amines is 1. The highest BCUT2D eigenvalue weighted by Crippen LogP contribution is 2.21. The number of methoxy groups -OCH3 is 1. The van der Waals surface area contributed by atoms with Crippen LogP contribution < -0.4 is 10.3 Å². The minimum absolute atomic E-state index is 0.109. The summed E-state index contributed by atoms with van der Waals surface area (Å²) in [6.45, 7) is -0.196. The van der Waals surface area contributed by atoms with Gasteiger partial charge in [-0.15, -0.1) is 0 Å². The molecule has 18 heavy (non-hydrogen) atoms. The lowest BCUT2D eigenvalue weighted by molar-refractivity contribution is 0.296. The second-order valence-corrected chi connectivity index (χ2v) is 3.75. The summed E-state index contributed by atoms with van der Waals surface area (Å²) in [6.07, 6.45) is 0.109. The second kappa shape index (κ2) is 4.97. The van der Waals surface area contributed by atoms with Crippen molar-refractivity contribution in [2.75, 3.05) is 13.7 Å². The van der Waals surface area contributed by atoms with Crippen LogP contribution in [0.5, 0.6) is 11.6 Å². The molecule has 0 unspecified atom stereocenters. The maximum Gasteiger partial charge on any atom is 0.271 e. The highest BCUT2D eigenvalue weighted by Gasteiger charge is 2.14. The second-order valence-electron chi connectivity index (χ2n) is 3.75. The van der Waals surface area contributed by atoms with Crippen LogP contribution in [0.1, 0.15) is 5.56 Å². The molecule has 6 heteroatoms. The molecule has 0 atom stereocenters. The number of aliphatic hydroxyl groups is 1. The van der Waals surface area contributed by atoms with Gasteiger partial charge in [0.2, 0.25) is 5.88 Å². The average Bonchev–Trinajstić information content (AvgIpc) is 2.67. The molecule has 0 aliphatic carbocycles. The third-order valence-electron chi connectivity index (χ3n) is 2.64. The van der Waals surface area contributed by atoms with Crippen LogP contribution in [0.15, 0.2) is 29.1 Å². The number of aromatic nitrogens is 2. The molecule has 6 nitrogen and oxygen atoms in total. The van der Waals surface area contributed by atoms with E-state index in [4.69, 9.17) is 9.84 Å². The summed E-state index contributed by atoms with van der Waals surface area (Å²) in [7, 11) is 1.54. The zero-order valence-electron chi connectivity index (χ0n) is 9.88. The SMILES string of the molecule is COc1cccc(-n2[nH]c(=O)c(CCO)c2O)c1. The molecule has 0 spiro atoms. The third kappa shape index (κ3) is 2.10. The topological polar surface area (TPSA) is 87.5 Å². The van der Waals surface area contributed by atoms with Crippen molar-refractivity contribution in [3.05, 3.63) is 40.2 Å². The number of nitrogens with zero attached hydrogens (tertiary/aromatic N) is 1. The Balaban J connectivity index is 2.50. The van der Waals surface area contributed by atoms with Crippen LogP contribution in [0.4, 0.5) is 0 Å². The fourth-order valence-electron chi connectivity index (χ4n) is 1.73. The molecule has 0 amide bonds. The van der Waals surface area contributed by atoms with E-state index >= 15 is 0 Å². The maximum absolute atomic E-state index is 11.6. The van der Waals surface area contributed by atoms with Crippen molar-refractivity contribution < 1.29 is 14.9 Å². The lowest BCUT2D eigenvalue weighted by Crippen LogP contribution is -2.08. The van der Waals surface area contributed by atoms with Gasteiger partial charge in [0, 0.05) is 19.1 Å². The molecule has 1 aromatic heterocycles. The summed E-state index contributed by atoms with van der Waals surface area (Å²) in [5.74, 6) is 0.424. The number of hydrogen-bond acceptors (Lipinski definition) is 4. The van der Waals surface area contributed by atoms with Gasteiger partial charge >= 0.3 is 0 Å². The van der Waals surface area contributed by atoms with Gasteiger partial charge in [0.15, 0.2) is 0 Å². The molecule has 0 saturated heterocycles. The standard InChI is InChI=1S/C12H14N2O4/c1-18-9-4-2-3-8(7-9)14-12(17)10(5-6-15)11(16)13-14/h2-4,7,15,17H,5-6H2,1H3,(H,13,16). The van der Waals surface area contributed by atoms with Crippen LogP contribution in [0.2, 0.25) is 0 Å². The summed E-state index contributed by atoms with van der Waals surface area (Å²) in [5, 5.41) is 21.3. The van der Waals surface area contributed by atoms with Gasteiger partial charge in [0.05, 0.1) is 18.4 Å². The van der Waals surface area contributed by atoms with Crippen molar-refractivity contribution in [1.29, 1.82) is 0 Å². The minimum Gasteiger partial charge on any atom is -0.497 e. The fourth-order valence-corrected chi connectivity index (χ4v) is 1.73. The Labute approximate surface area is 103 Å². The quantitative estimate of drug-likeness (QED) is 0.733. The molecule has 0 radical (unpaired) electrons. The Bertz CT molecular complexity index is 600. The smallest absolute Gasteiger partial charge is 0.271 e. The lowest BCUT2D eigenvalue weighted by Gasteiger charge is -2.06. The average molecular weight is 250 g/mol. The molecule has 2 aromatic rings. The van der Waals surface area contributed by atoms with Crippen LogP contribution in [0.25, 0.3) is 5.69 Å². The van der Waals surface area contributed by atoms with Crippen LogP contribution in [-0.4, -0.2) is 33.7 Å². The molecule has 0 saturated carbocycles. The van der Waals surface area contributed by atoms with Gasteiger partial charge in [-0.3, -0.25) is 9.89 Å². The molecule has 0 fully saturated rings. The van der Waals surface area contributed by atoms with Crippen molar-refractivity contribution in [2.45, 2.75) is 6.42 Å². The zero-order chi connectivity index (χ0) is 13.1. The highest BCUT2D eigenvalue weighted by molar-refractivity contribution is 5.42. The summed E-state index contributed by atoms with van der Waals surface area (Å²) in [5.41, 5.74) is 0.331. The Morgan fingerprint density at radius 3 is 2.89 bits per heavy atom. The summed E-state index contributed by atoms with van der Waals surface area (Å²) in [4.78, 5) is 11.6. The largest absolute Gasteiger partial charge is 0.497 e. The molecule has 96 valence electrons. The Morgan fingerprint density at radius 1 is 1.44 bits per heavy atom. The van der Waals surface area contributed by atoms with E-state index in [2.05, 4.69) is 5.10 Å². The summed E-state index contributed by atoms with van der Waals surface area (Å²) < 4.78 is 6.33. The number of H-pyrrole nitrogens is 1. The molecule has 0 aliphatic rings. The van der Waals surface area contributed by atoms with Crippen LogP contribution in [0, 0.1) is 0 Å². The Hall–Kier alpha value is -2.21. The molecule has 0 aliphatic heterocycles. The van der Waals surface area contributed by atoms with Gasteiger partial charge in [-0.2, -0.15) is 0 Å². The first-order valence-electron chi connectivity index (χ1n) is 5.45. The van der Waals surface area contributed by atoms with Gasteiger partial charge in [-0.05, 0) is 12.1 Å². The number of hydrogen-bond donors (Lipinski definition) is 3.